The average molecular weight is 248 g/mol. The fourth-order valence-corrected chi connectivity index (χ4v) is 4.27. The zero-order valence-corrected chi connectivity index (χ0v) is 10.4. The third-order valence-electron chi connectivity index (χ3n) is 3.49. The number of morpholine rings is 1. The molecule has 0 aliphatic carbocycles. The summed E-state index contributed by atoms with van der Waals surface area (Å²) < 4.78 is 28.5. The van der Waals surface area contributed by atoms with Crippen molar-refractivity contribution < 1.29 is 13.2 Å². The van der Waals surface area contributed by atoms with Gasteiger partial charge < -0.3 is 10.5 Å². The molecule has 3 unspecified atom stereocenters. The van der Waals surface area contributed by atoms with E-state index in [2.05, 4.69) is 11.8 Å². The van der Waals surface area contributed by atoms with Gasteiger partial charge in [-0.3, -0.25) is 4.90 Å². The molecule has 0 aromatic heterocycles. The lowest BCUT2D eigenvalue weighted by Crippen LogP contribution is -2.54. The fraction of sp³-hybridized carbons (Fsp3) is 1.00. The Morgan fingerprint density at radius 2 is 2.25 bits per heavy atom. The molecular weight excluding hydrogens is 228 g/mol. The van der Waals surface area contributed by atoms with Gasteiger partial charge in [0.2, 0.25) is 0 Å². The third-order valence-corrected chi connectivity index (χ3v) is 5.24. The normalized spacial score (nSPS) is 40.0. The van der Waals surface area contributed by atoms with Crippen molar-refractivity contribution >= 4 is 9.84 Å². The van der Waals surface area contributed by atoms with Crippen molar-refractivity contribution in [2.75, 3.05) is 31.2 Å². The van der Waals surface area contributed by atoms with Crippen molar-refractivity contribution in [3.8, 4) is 0 Å². The Balaban J connectivity index is 2.02. The molecule has 0 amide bonds. The summed E-state index contributed by atoms with van der Waals surface area (Å²) in [5.74, 6) is 0.629. The number of sulfone groups is 1. The van der Waals surface area contributed by atoms with Crippen LogP contribution in [0.2, 0.25) is 0 Å². The van der Waals surface area contributed by atoms with Crippen LogP contribution in [-0.2, 0) is 14.6 Å². The van der Waals surface area contributed by atoms with Crippen LogP contribution in [0, 0.1) is 0 Å². The van der Waals surface area contributed by atoms with Crippen molar-refractivity contribution in [2.45, 2.75) is 31.5 Å². The second-order valence-electron chi connectivity index (χ2n) is 4.79. The number of nitrogens with zero attached hydrogens (tertiary/aromatic N) is 1. The second kappa shape index (κ2) is 4.60. The van der Waals surface area contributed by atoms with Gasteiger partial charge in [-0.05, 0) is 13.3 Å². The first-order chi connectivity index (χ1) is 7.52. The summed E-state index contributed by atoms with van der Waals surface area (Å²) in [4.78, 5) is 2.26. The van der Waals surface area contributed by atoms with Crippen LogP contribution in [0.4, 0.5) is 0 Å². The lowest BCUT2D eigenvalue weighted by Gasteiger charge is -2.40. The molecule has 0 aromatic carbocycles. The molecule has 2 aliphatic rings. The Bertz CT molecular complexity index is 344. The van der Waals surface area contributed by atoms with Gasteiger partial charge in [0.05, 0.1) is 24.2 Å². The number of hydrogen-bond acceptors (Lipinski definition) is 5. The Labute approximate surface area is 96.9 Å². The predicted octanol–water partition coefficient (Wildman–Crippen LogP) is -0.778. The summed E-state index contributed by atoms with van der Waals surface area (Å²) in [6, 6.07) is 0.457. The zero-order valence-electron chi connectivity index (χ0n) is 9.63. The Kier molecular flexibility index (Phi) is 3.53. The lowest BCUT2D eigenvalue weighted by atomic mass is 10.1. The molecule has 2 aliphatic heterocycles. The molecule has 16 heavy (non-hydrogen) atoms. The average Bonchev–Trinajstić information content (AvgIpc) is 2.59. The molecular formula is C10H20N2O3S. The quantitative estimate of drug-likeness (QED) is 0.694. The monoisotopic (exact) mass is 248 g/mol. The highest BCUT2D eigenvalue weighted by atomic mass is 32.2. The largest absolute Gasteiger partial charge is 0.374 e. The third kappa shape index (κ3) is 2.56. The smallest absolute Gasteiger partial charge is 0.151 e. The van der Waals surface area contributed by atoms with Crippen molar-refractivity contribution in [3.05, 3.63) is 0 Å². The highest BCUT2D eigenvalue weighted by Gasteiger charge is 2.37. The first kappa shape index (κ1) is 12.3. The van der Waals surface area contributed by atoms with Crippen LogP contribution in [-0.4, -0.2) is 62.7 Å². The van der Waals surface area contributed by atoms with Crippen LogP contribution < -0.4 is 5.73 Å². The van der Waals surface area contributed by atoms with E-state index in [9.17, 15) is 8.42 Å². The molecule has 2 heterocycles. The second-order valence-corrected chi connectivity index (χ2v) is 7.02. The van der Waals surface area contributed by atoms with Crippen LogP contribution >= 0.6 is 0 Å². The molecule has 0 saturated carbocycles. The van der Waals surface area contributed by atoms with E-state index >= 15 is 0 Å². The highest BCUT2D eigenvalue weighted by Crippen LogP contribution is 2.23. The molecule has 2 rings (SSSR count). The molecule has 3 atom stereocenters. The SMILES string of the molecule is CC1COC(CN)CN1C1CCS(=O)(=O)C1. The summed E-state index contributed by atoms with van der Waals surface area (Å²) >= 11 is 0. The summed E-state index contributed by atoms with van der Waals surface area (Å²) in [5.41, 5.74) is 5.59. The molecule has 2 saturated heterocycles. The minimum atomic E-state index is -2.81. The van der Waals surface area contributed by atoms with Crippen LogP contribution in [0.1, 0.15) is 13.3 Å². The van der Waals surface area contributed by atoms with E-state index in [1.54, 1.807) is 0 Å². The van der Waals surface area contributed by atoms with E-state index in [0.717, 1.165) is 13.0 Å². The Hall–Kier alpha value is -0.170. The fourth-order valence-electron chi connectivity index (χ4n) is 2.53. The van der Waals surface area contributed by atoms with Crippen molar-refractivity contribution in [1.82, 2.24) is 4.90 Å². The van der Waals surface area contributed by atoms with Crippen LogP contribution in [0.3, 0.4) is 0 Å². The molecule has 0 aromatic rings. The van der Waals surface area contributed by atoms with Gasteiger partial charge in [0.1, 0.15) is 0 Å². The van der Waals surface area contributed by atoms with Gasteiger partial charge in [-0.25, -0.2) is 8.42 Å². The summed E-state index contributed by atoms with van der Waals surface area (Å²) in [7, 11) is -2.81. The van der Waals surface area contributed by atoms with Gasteiger partial charge in [0, 0.05) is 25.2 Å². The van der Waals surface area contributed by atoms with E-state index in [-0.39, 0.29) is 12.1 Å². The maximum absolute atomic E-state index is 11.5. The summed E-state index contributed by atoms with van der Waals surface area (Å²) in [6.45, 7) is 4.00. The molecule has 0 bridgehead atoms. The van der Waals surface area contributed by atoms with E-state index in [1.807, 2.05) is 0 Å². The van der Waals surface area contributed by atoms with Crippen molar-refractivity contribution in [2.24, 2.45) is 5.73 Å². The molecule has 0 spiro atoms. The number of nitrogens with two attached hydrogens (primary N) is 1. The summed E-state index contributed by atoms with van der Waals surface area (Å²) in [6.07, 6.45) is 0.809. The molecule has 2 N–H and O–H groups in total. The van der Waals surface area contributed by atoms with Gasteiger partial charge in [0.15, 0.2) is 9.84 Å². The standard InChI is InChI=1S/C10H20N2O3S/c1-8-6-15-10(4-11)5-12(8)9-2-3-16(13,14)7-9/h8-10H,2-7,11H2,1H3. The molecule has 6 heteroatoms. The topological polar surface area (TPSA) is 72.6 Å². The molecule has 0 radical (unpaired) electrons. The van der Waals surface area contributed by atoms with Crippen LogP contribution in [0.5, 0.6) is 0 Å². The van der Waals surface area contributed by atoms with Crippen molar-refractivity contribution in [1.29, 1.82) is 0 Å². The summed E-state index contributed by atoms with van der Waals surface area (Å²) in [5, 5.41) is 0. The number of rotatable bonds is 2. The van der Waals surface area contributed by atoms with E-state index < -0.39 is 9.84 Å². The van der Waals surface area contributed by atoms with E-state index in [4.69, 9.17) is 10.5 Å². The van der Waals surface area contributed by atoms with Crippen molar-refractivity contribution in [3.63, 3.8) is 0 Å². The number of ether oxygens (including phenoxy) is 1. The van der Waals surface area contributed by atoms with Gasteiger partial charge in [-0.15, -0.1) is 0 Å². The Morgan fingerprint density at radius 3 is 2.81 bits per heavy atom. The first-order valence-electron chi connectivity index (χ1n) is 5.79. The Morgan fingerprint density at radius 1 is 1.50 bits per heavy atom. The van der Waals surface area contributed by atoms with Gasteiger partial charge in [-0.2, -0.15) is 0 Å². The molecule has 5 nitrogen and oxygen atoms in total. The molecule has 2 fully saturated rings. The van der Waals surface area contributed by atoms with Gasteiger partial charge >= 0.3 is 0 Å². The number of hydrogen-bond donors (Lipinski definition) is 1. The molecule has 94 valence electrons. The first-order valence-corrected chi connectivity index (χ1v) is 7.62. The minimum absolute atomic E-state index is 0.0551. The highest BCUT2D eigenvalue weighted by molar-refractivity contribution is 7.91. The van der Waals surface area contributed by atoms with E-state index in [0.29, 0.717) is 30.7 Å². The maximum atomic E-state index is 11.5. The maximum Gasteiger partial charge on any atom is 0.151 e. The van der Waals surface area contributed by atoms with Gasteiger partial charge in [-0.1, -0.05) is 0 Å². The van der Waals surface area contributed by atoms with Crippen LogP contribution in [0.25, 0.3) is 0 Å². The minimum Gasteiger partial charge on any atom is -0.374 e. The lowest BCUT2D eigenvalue weighted by molar-refractivity contribution is -0.0659. The van der Waals surface area contributed by atoms with Gasteiger partial charge in [0.25, 0.3) is 0 Å². The predicted molar refractivity (Wildman–Crippen MR) is 62.0 cm³/mol. The van der Waals surface area contributed by atoms with Crippen LogP contribution in [0.15, 0.2) is 0 Å². The zero-order chi connectivity index (χ0) is 11.8. The van der Waals surface area contributed by atoms with E-state index in [1.165, 1.54) is 0 Å².